The van der Waals surface area contributed by atoms with Crippen LogP contribution in [0.25, 0.3) is 5.57 Å². The Hall–Kier alpha value is -2.19. The molecule has 0 bridgehead atoms. The van der Waals surface area contributed by atoms with Gasteiger partial charge in [-0.2, -0.15) is 0 Å². The molecule has 1 saturated heterocycles. The molecule has 154 valence electrons. The maximum atomic E-state index is 13.3. The Morgan fingerprint density at radius 3 is 2.52 bits per heavy atom. The number of thioether (sulfide) groups is 1. The van der Waals surface area contributed by atoms with E-state index in [1.54, 1.807) is 4.90 Å². The van der Waals surface area contributed by atoms with Crippen molar-refractivity contribution in [3.63, 3.8) is 0 Å². The summed E-state index contributed by atoms with van der Waals surface area (Å²) >= 11 is 6.34. The summed E-state index contributed by atoms with van der Waals surface area (Å²) < 4.78 is 4.90. The van der Waals surface area contributed by atoms with Crippen LogP contribution in [0, 0.1) is 0 Å². The van der Waals surface area contributed by atoms with E-state index in [0.717, 1.165) is 42.3 Å². The summed E-state index contributed by atoms with van der Waals surface area (Å²) in [6.07, 6.45) is 5.49. The summed E-state index contributed by atoms with van der Waals surface area (Å²) in [5.41, 5.74) is 1.93. The number of thiocarbonyl (C=S) groups is 1. The van der Waals surface area contributed by atoms with Gasteiger partial charge < -0.3 is 9.64 Å². The van der Waals surface area contributed by atoms with E-state index < -0.39 is 11.9 Å². The molecule has 0 saturated carbocycles. The zero-order valence-corrected chi connectivity index (χ0v) is 18.2. The Balaban J connectivity index is 1.88. The van der Waals surface area contributed by atoms with Crippen LogP contribution in [-0.4, -0.2) is 47.2 Å². The zero-order valence-electron chi connectivity index (χ0n) is 16.6. The lowest BCUT2D eigenvalue weighted by atomic mass is 10.1. The topological polar surface area (TPSA) is 66.9 Å². The van der Waals surface area contributed by atoms with Crippen LogP contribution in [0.15, 0.2) is 29.2 Å². The maximum absolute atomic E-state index is 13.3. The van der Waals surface area contributed by atoms with Gasteiger partial charge in [0.1, 0.15) is 10.9 Å². The molecule has 1 aromatic carbocycles. The van der Waals surface area contributed by atoms with Gasteiger partial charge in [0.15, 0.2) is 0 Å². The molecule has 0 aromatic heterocycles. The molecule has 2 aliphatic rings. The minimum absolute atomic E-state index is 0.180. The van der Waals surface area contributed by atoms with E-state index in [1.165, 1.54) is 24.9 Å². The third-order valence-electron chi connectivity index (χ3n) is 5.00. The molecule has 0 N–H and O–H groups in total. The number of hydrogen-bond acceptors (Lipinski definition) is 6. The number of ether oxygens (including phenoxy) is 1. The Morgan fingerprint density at radius 1 is 1.07 bits per heavy atom. The fraction of sp³-hybridized carbons (Fsp3) is 0.429. The number of carbonyl (C=O) groups is 3. The number of hydrogen-bond donors (Lipinski definition) is 0. The summed E-state index contributed by atoms with van der Waals surface area (Å²) in [5.74, 6) is -1.16. The molecule has 2 aliphatic heterocycles. The van der Waals surface area contributed by atoms with Gasteiger partial charge >= 0.3 is 5.97 Å². The number of fused-ring (bicyclic) bond motifs is 1. The summed E-state index contributed by atoms with van der Waals surface area (Å²) in [6, 6.07) is 7.50. The molecule has 1 fully saturated rings. The molecule has 6 nitrogen and oxygen atoms in total. The van der Waals surface area contributed by atoms with Crippen LogP contribution in [0.1, 0.15) is 44.6 Å². The number of carbonyl (C=O) groups excluding carboxylic acids is 3. The third kappa shape index (κ3) is 4.38. The number of para-hydroxylation sites is 1. The number of unbranched alkanes of at least 4 members (excludes halogenated alkanes) is 4. The fourth-order valence-electron chi connectivity index (χ4n) is 3.47. The van der Waals surface area contributed by atoms with Crippen LogP contribution in [0.4, 0.5) is 5.69 Å². The highest BCUT2D eigenvalue weighted by atomic mass is 32.2. The van der Waals surface area contributed by atoms with Gasteiger partial charge in [0.2, 0.25) is 0 Å². The Labute approximate surface area is 180 Å². The molecule has 2 heterocycles. The normalized spacial score (nSPS) is 18.6. The first kappa shape index (κ1) is 21.5. The standard InChI is InChI=1S/C21H24N2O4S2/c1-3-4-5-6-9-12-22-15-11-8-7-10-14(15)17(19(22)25)18-20(26)23(21(28)29-18)13-16(24)27-2/h7-8,10-11H,3-6,9,12-13H2,1-2H3. The molecule has 8 heteroatoms. The third-order valence-corrected chi connectivity index (χ3v) is 6.45. The minimum Gasteiger partial charge on any atom is -0.468 e. The summed E-state index contributed by atoms with van der Waals surface area (Å²) in [5, 5.41) is 0. The van der Waals surface area contributed by atoms with Gasteiger partial charge in [0.25, 0.3) is 11.8 Å². The lowest BCUT2D eigenvalue weighted by Crippen LogP contribution is -2.34. The van der Waals surface area contributed by atoms with E-state index in [2.05, 4.69) is 11.7 Å². The monoisotopic (exact) mass is 432 g/mol. The number of nitrogens with zero attached hydrogens (tertiary/aromatic N) is 2. The van der Waals surface area contributed by atoms with Crippen LogP contribution >= 0.6 is 24.0 Å². The van der Waals surface area contributed by atoms with E-state index >= 15 is 0 Å². The van der Waals surface area contributed by atoms with Crippen molar-refractivity contribution in [2.75, 3.05) is 25.1 Å². The number of benzene rings is 1. The molecule has 29 heavy (non-hydrogen) atoms. The highest BCUT2D eigenvalue weighted by Crippen LogP contribution is 2.44. The Bertz CT molecular complexity index is 881. The summed E-state index contributed by atoms with van der Waals surface area (Å²) in [4.78, 5) is 41.0. The maximum Gasteiger partial charge on any atom is 0.325 e. The molecular formula is C21H24N2O4S2. The second-order valence-corrected chi connectivity index (χ2v) is 8.57. The van der Waals surface area contributed by atoms with Gasteiger partial charge in [-0.15, -0.1) is 0 Å². The number of methoxy groups -OCH3 is 1. The average molecular weight is 433 g/mol. The van der Waals surface area contributed by atoms with Crippen LogP contribution in [0.2, 0.25) is 0 Å². The molecule has 3 rings (SSSR count). The average Bonchev–Trinajstić information content (AvgIpc) is 3.15. The fourth-order valence-corrected chi connectivity index (χ4v) is 4.80. The van der Waals surface area contributed by atoms with Crippen LogP contribution in [0.3, 0.4) is 0 Å². The van der Waals surface area contributed by atoms with E-state index in [9.17, 15) is 14.4 Å². The molecule has 2 amide bonds. The number of anilines is 1. The van der Waals surface area contributed by atoms with E-state index in [0.29, 0.717) is 12.1 Å². The van der Waals surface area contributed by atoms with Crippen molar-refractivity contribution in [3.8, 4) is 0 Å². The Morgan fingerprint density at radius 2 is 1.79 bits per heavy atom. The molecule has 1 aromatic rings. The summed E-state index contributed by atoms with van der Waals surface area (Å²) in [6.45, 7) is 2.53. The predicted molar refractivity (Wildman–Crippen MR) is 118 cm³/mol. The number of esters is 1. The van der Waals surface area contributed by atoms with E-state index in [4.69, 9.17) is 12.2 Å². The van der Waals surface area contributed by atoms with Gasteiger partial charge in [-0.1, -0.05) is 74.8 Å². The minimum atomic E-state index is -0.556. The van der Waals surface area contributed by atoms with Crippen molar-refractivity contribution in [1.29, 1.82) is 0 Å². The van der Waals surface area contributed by atoms with Crippen molar-refractivity contribution >= 4 is 57.3 Å². The predicted octanol–water partition coefficient (Wildman–Crippen LogP) is 3.75. The van der Waals surface area contributed by atoms with Gasteiger partial charge in [-0.05, 0) is 12.5 Å². The lowest BCUT2D eigenvalue weighted by Gasteiger charge is -2.17. The van der Waals surface area contributed by atoms with Gasteiger partial charge in [0.05, 0.1) is 23.3 Å². The van der Waals surface area contributed by atoms with E-state index in [1.807, 2.05) is 24.3 Å². The largest absolute Gasteiger partial charge is 0.468 e. The molecule has 0 unspecified atom stereocenters. The first-order valence-corrected chi connectivity index (χ1v) is 11.0. The van der Waals surface area contributed by atoms with Crippen molar-refractivity contribution in [1.82, 2.24) is 4.90 Å². The molecular weight excluding hydrogens is 408 g/mol. The lowest BCUT2D eigenvalue weighted by molar-refractivity contribution is -0.143. The van der Waals surface area contributed by atoms with E-state index in [-0.39, 0.29) is 21.7 Å². The quantitative estimate of drug-likeness (QED) is 0.270. The van der Waals surface area contributed by atoms with Gasteiger partial charge in [0, 0.05) is 12.1 Å². The SMILES string of the molecule is CCCCCCCN1C(=O)C(=C2SC(=S)N(CC(=O)OC)C2=O)c2ccccc21. The zero-order chi connectivity index (χ0) is 21.0. The number of amides is 2. The van der Waals surface area contributed by atoms with Gasteiger partial charge in [-0.25, -0.2) is 0 Å². The summed E-state index contributed by atoms with van der Waals surface area (Å²) in [7, 11) is 1.26. The van der Waals surface area contributed by atoms with Crippen LogP contribution in [-0.2, 0) is 19.1 Å². The highest BCUT2D eigenvalue weighted by molar-refractivity contribution is 8.26. The second-order valence-electron chi connectivity index (χ2n) is 6.93. The van der Waals surface area contributed by atoms with Crippen molar-refractivity contribution in [3.05, 3.63) is 34.7 Å². The highest BCUT2D eigenvalue weighted by Gasteiger charge is 2.42. The van der Waals surface area contributed by atoms with Crippen molar-refractivity contribution < 1.29 is 19.1 Å². The first-order chi connectivity index (χ1) is 14.0. The molecule has 0 spiro atoms. The smallest absolute Gasteiger partial charge is 0.325 e. The van der Waals surface area contributed by atoms with Crippen molar-refractivity contribution in [2.24, 2.45) is 0 Å². The van der Waals surface area contributed by atoms with Gasteiger partial charge in [-0.3, -0.25) is 19.3 Å². The van der Waals surface area contributed by atoms with Crippen LogP contribution in [0.5, 0.6) is 0 Å². The number of rotatable bonds is 8. The van der Waals surface area contributed by atoms with Crippen LogP contribution < -0.4 is 4.90 Å². The molecule has 0 atom stereocenters. The second kappa shape index (κ2) is 9.54. The Kier molecular flexibility index (Phi) is 7.08. The van der Waals surface area contributed by atoms with Crippen molar-refractivity contribution in [2.45, 2.75) is 39.0 Å². The molecule has 0 aliphatic carbocycles. The first-order valence-electron chi connectivity index (χ1n) is 9.75. The molecule has 0 radical (unpaired) electrons.